The second-order valence-corrected chi connectivity index (χ2v) is 11.8. The number of nitrogens with zero attached hydrogens (tertiary/aromatic N) is 2. The van der Waals surface area contributed by atoms with Crippen LogP contribution in [0, 0.1) is 11.8 Å². The second kappa shape index (κ2) is 16.1. The summed E-state index contributed by atoms with van der Waals surface area (Å²) in [7, 11) is 2.97. The van der Waals surface area contributed by atoms with Crippen LogP contribution in [-0.2, 0) is 36.9 Å². The van der Waals surface area contributed by atoms with Crippen LogP contribution in [0.2, 0.25) is 0 Å². The van der Waals surface area contributed by atoms with Crippen LogP contribution < -0.4 is 0 Å². The molecule has 230 valence electrons. The maximum atomic E-state index is 13.8. The van der Waals surface area contributed by atoms with Gasteiger partial charge in [-0.15, -0.1) is 0 Å². The smallest absolute Gasteiger partial charge is 0.410 e. The summed E-state index contributed by atoms with van der Waals surface area (Å²) in [5.74, 6) is -3.13. The Kier molecular flexibility index (Phi) is 13.2. The maximum Gasteiger partial charge on any atom is 0.410 e. The Morgan fingerprint density at radius 3 is 1.93 bits per heavy atom. The lowest BCUT2D eigenvalue weighted by atomic mass is 9.88. The molecule has 0 aliphatic rings. The van der Waals surface area contributed by atoms with E-state index in [2.05, 4.69) is 0 Å². The van der Waals surface area contributed by atoms with Crippen molar-refractivity contribution in [2.45, 2.75) is 78.2 Å². The number of carbonyl (C=O) groups excluding carboxylic acids is 3. The fraction of sp³-hybridized carbons (Fsp3) is 0.515. The van der Waals surface area contributed by atoms with E-state index in [4.69, 9.17) is 9.47 Å². The number of carbonyl (C=O) groups is 4. The summed E-state index contributed by atoms with van der Waals surface area (Å²) in [6.45, 7) is 9.31. The van der Waals surface area contributed by atoms with Crippen LogP contribution in [0.4, 0.5) is 4.79 Å². The van der Waals surface area contributed by atoms with Crippen molar-refractivity contribution in [3.8, 4) is 0 Å². The van der Waals surface area contributed by atoms with E-state index in [1.165, 1.54) is 23.9 Å². The Morgan fingerprint density at radius 1 is 0.881 bits per heavy atom. The van der Waals surface area contributed by atoms with Gasteiger partial charge in [-0.05, 0) is 37.8 Å². The summed E-state index contributed by atoms with van der Waals surface area (Å²) < 4.78 is 11.4. The van der Waals surface area contributed by atoms with Gasteiger partial charge in [-0.3, -0.25) is 9.59 Å². The molecular formula is C33H46N2O7. The average molecular weight is 583 g/mol. The van der Waals surface area contributed by atoms with E-state index in [0.717, 1.165) is 11.1 Å². The van der Waals surface area contributed by atoms with Crippen LogP contribution in [0.5, 0.6) is 0 Å². The largest absolute Gasteiger partial charge is 0.480 e. The van der Waals surface area contributed by atoms with E-state index < -0.39 is 41.6 Å². The Morgan fingerprint density at radius 2 is 1.43 bits per heavy atom. The van der Waals surface area contributed by atoms with Gasteiger partial charge < -0.3 is 24.4 Å². The predicted molar refractivity (Wildman–Crippen MR) is 161 cm³/mol. The molecule has 2 rings (SSSR count). The minimum absolute atomic E-state index is 0.0642. The van der Waals surface area contributed by atoms with E-state index in [9.17, 15) is 24.3 Å². The number of ketones is 1. The van der Waals surface area contributed by atoms with Gasteiger partial charge in [0.05, 0.1) is 24.2 Å². The fourth-order valence-corrected chi connectivity index (χ4v) is 4.67. The van der Waals surface area contributed by atoms with Crippen LogP contribution in [0.1, 0.15) is 58.6 Å². The summed E-state index contributed by atoms with van der Waals surface area (Å²) in [4.78, 5) is 55.3. The van der Waals surface area contributed by atoms with Gasteiger partial charge in [-0.2, -0.15) is 0 Å². The molecule has 9 nitrogen and oxygen atoms in total. The molecule has 2 aromatic rings. The van der Waals surface area contributed by atoms with E-state index in [1.54, 1.807) is 12.1 Å². The van der Waals surface area contributed by atoms with Gasteiger partial charge in [0.1, 0.15) is 12.6 Å². The zero-order chi connectivity index (χ0) is 31.4. The lowest BCUT2D eigenvalue weighted by Gasteiger charge is -2.33. The van der Waals surface area contributed by atoms with Crippen molar-refractivity contribution < 1.29 is 33.8 Å². The van der Waals surface area contributed by atoms with Crippen molar-refractivity contribution in [1.82, 2.24) is 9.80 Å². The summed E-state index contributed by atoms with van der Waals surface area (Å²) in [6, 6.07) is 16.3. The van der Waals surface area contributed by atoms with Crippen molar-refractivity contribution in [2.75, 3.05) is 20.7 Å². The van der Waals surface area contributed by atoms with E-state index >= 15 is 0 Å². The maximum absolute atomic E-state index is 13.8. The van der Waals surface area contributed by atoms with Gasteiger partial charge >= 0.3 is 12.1 Å². The number of amides is 2. The summed E-state index contributed by atoms with van der Waals surface area (Å²) >= 11 is 0. The number of ether oxygens (including phenoxy) is 2. The third-order valence-corrected chi connectivity index (χ3v) is 7.31. The molecule has 0 aromatic heterocycles. The summed E-state index contributed by atoms with van der Waals surface area (Å²) in [5.41, 5.74) is 1.00. The molecule has 0 saturated heterocycles. The third-order valence-electron chi connectivity index (χ3n) is 7.31. The first kappa shape index (κ1) is 34.5. The normalized spacial score (nSPS) is 14.3. The first-order chi connectivity index (χ1) is 19.7. The van der Waals surface area contributed by atoms with Crippen LogP contribution >= 0.6 is 0 Å². The van der Waals surface area contributed by atoms with Crippen molar-refractivity contribution in [1.29, 1.82) is 0 Å². The van der Waals surface area contributed by atoms with Gasteiger partial charge in [0.2, 0.25) is 5.91 Å². The SMILES string of the molecule is CC[C@H](C)[C@@H](C(=O)C[C@@H](COC(C)(C)C)C(=O)N(C)[C@@H](Cc1ccccc1)C(=O)O)N(C)C(=O)OCc1ccccc1. The summed E-state index contributed by atoms with van der Waals surface area (Å²) in [6.07, 6.45) is -0.133. The fourth-order valence-electron chi connectivity index (χ4n) is 4.67. The zero-order valence-corrected chi connectivity index (χ0v) is 25.9. The monoisotopic (exact) mass is 582 g/mol. The van der Waals surface area contributed by atoms with E-state index in [1.807, 2.05) is 83.1 Å². The molecule has 0 spiro atoms. The number of Topliss-reactive ketones (excluding diaryl/α,β-unsaturated/α-hetero) is 1. The Bertz CT molecular complexity index is 1160. The lowest BCUT2D eigenvalue weighted by Crippen LogP contribution is -2.50. The van der Waals surface area contributed by atoms with Gasteiger partial charge in [-0.25, -0.2) is 9.59 Å². The quantitative estimate of drug-likeness (QED) is 0.307. The predicted octanol–water partition coefficient (Wildman–Crippen LogP) is 5.21. The molecule has 0 aliphatic heterocycles. The lowest BCUT2D eigenvalue weighted by molar-refractivity contribution is -0.153. The number of aliphatic carboxylic acids is 1. The van der Waals surface area contributed by atoms with Crippen molar-refractivity contribution in [3.63, 3.8) is 0 Å². The number of hydrogen-bond donors (Lipinski definition) is 1. The molecule has 0 fully saturated rings. The van der Waals surface area contributed by atoms with E-state index in [0.29, 0.717) is 6.42 Å². The third kappa shape index (κ3) is 10.6. The minimum Gasteiger partial charge on any atom is -0.480 e. The van der Waals surface area contributed by atoms with Crippen molar-refractivity contribution in [3.05, 3.63) is 71.8 Å². The molecular weight excluding hydrogens is 536 g/mol. The molecule has 2 aromatic carbocycles. The standard InChI is InChI=1S/C33H46N2O7/c1-8-23(2)29(35(7)32(40)41-21-25-17-13-10-14-18-25)28(36)20-26(22-42-33(3,4)5)30(37)34(6)27(31(38)39)19-24-15-11-9-12-16-24/h9-18,23,26-27,29H,8,19-22H2,1-7H3,(H,38,39)/t23-,26-,27-,29-/m0/s1. The Hall–Kier alpha value is -3.72. The van der Waals surface area contributed by atoms with Gasteiger partial charge in [0.25, 0.3) is 0 Å². The van der Waals surface area contributed by atoms with Crippen LogP contribution in [0.25, 0.3) is 0 Å². The Balaban J connectivity index is 2.27. The van der Waals surface area contributed by atoms with Crippen LogP contribution in [0.15, 0.2) is 60.7 Å². The van der Waals surface area contributed by atoms with E-state index in [-0.39, 0.29) is 37.8 Å². The average Bonchev–Trinajstić information content (AvgIpc) is 2.96. The zero-order valence-electron chi connectivity index (χ0n) is 25.9. The highest BCUT2D eigenvalue weighted by Gasteiger charge is 2.38. The first-order valence-electron chi connectivity index (χ1n) is 14.4. The molecule has 0 aliphatic carbocycles. The number of benzene rings is 2. The number of hydrogen-bond acceptors (Lipinski definition) is 6. The molecule has 4 atom stereocenters. The molecule has 0 saturated carbocycles. The number of likely N-dealkylation sites (N-methyl/N-ethyl adjacent to an activating group) is 2. The molecule has 9 heteroatoms. The van der Waals surface area contributed by atoms with Gasteiger partial charge in [0.15, 0.2) is 5.78 Å². The second-order valence-electron chi connectivity index (χ2n) is 11.8. The van der Waals surface area contributed by atoms with Crippen molar-refractivity contribution in [2.24, 2.45) is 11.8 Å². The summed E-state index contributed by atoms with van der Waals surface area (Å²) in [5, 5.41) is 9.99. The molecule has 0 unspecified atom stereocenters. The Labute approximate surface area is 249 Å². The van der Waals surface area contributed by atoms with Crippen molar-refractivity contribution >= 4 is 23.8 Å². The number of rotatable bonds is 15. The van der Waals surface area contributed by atoms with Crippen LogP contribution in [0.3, 0.4) is 0 Å². The highest BCUT2D eigenvalue weighted by atomic mass is 16.6. The highest BCUT2D eigenvalue weighted by Crippen LogP contribution is 2.23. The van der Waals surface area contributed by atoms with Crippen LogP contribution in [-0.4, -0.2) is 77.0 Å². The number of carboxylic acid groups (broad SMARTS) is 1. The molecule has 0 bridgehead atoms. The van der Waals surface area contributed by atoms with Gasteiger partial charge in [-0.1, -0.05) is 80.9 Å². The molecule has 1 N–H and O–H groups in total. The molecule has 0 heterocycles. The molecule has 0 radical (unpaired) electrons. The topological polar surface area (TPSA) is 113 Å². The molecule has 42 heavy (non-hydrogen) atoms. The molecule has 2 amide bonds. The first-order valence-corrected chi connectivity index (χ1v) is 14.4. The minimum atomic E-state index is -1.14. The number of carboxylic acids is 1. The highest BCUT2D eigenvalue weighted by molar-refractivity contribution is 5.93. The van der Waals surface area contributed by atoms with Gasteiger partial charge in [0, 0.05) is 26.9 Å².